The smallest absolute Gasteiger partial charge is 0.266 e. The number of nitrogens with one attached hydrogen (secondary N) is 1. The van der Waals surface area contributed by atoms with Gasteiger partial charge in [-0.1, -0.05) is 18.2 Å². The molecule has 4 rings (SSSR count). The van der Waals surface area contributed by atoms with Gasteiger partial charge in [-0.15, -0.1) is 0 Å². The van der Waals surface area contributed by atoms with E-state index in [1.54, 1.807) is 24.6 Å². The third kappa shape index (κ3) is 3.47. The lowest BCUT2D eigenvalue weighted by atomic mass is 10.0. The maximum Gasteiger partial charge on any atom is 0.266 e. The number of anilines is 1. The van der Waals surface area contributed by atoms with Crippen molar-refractivity contribution in [3.8, 4) is 0 Å². The number of benzene rings is 1. The average Bonchev–Trinajstić information content (AvgIpc) is 3.39. The topological polar surface area (TPSA) is 59.8 Å². The zero-order valence-corrected chi connectivity index (χ0v) is 16.3. The molecule has 1 aromatic carbocycles. The summed E-state index contributed by atoms with van der Waals surface area (Å²) in [6.07, 6.45) is 0.662. The molecule has 0 radical (unpaired) electrons. The molecule has 1 aliphatic carbocycles. The van der Waals surface area contributed by atoms with Gasteiger partial charge in [0.25, 0.3) is 12.0 Å². The number of rotatable bonds is 5. The van der Waals surface area contributed by atoms with Gasteiger partial charge in [0, 0.05) is 23.4 Å². The molecule has 29 heavy (non-hydrogen) atoms. The van der Waals surface area contributed by atoms with Crippen LogP contribution in [-0.4, -0.2) is 14.5 Å². The number of hydrogen-bond donors (Lipinski definition) is 1. The lowest BCUT2D eigenvalue weighted by molar-refractivity contribution is 0.146. The van der Waals surface area contributed by atoms with Crippen LogP contribution >= 0.6 is 0 Å². The average molecular weight is 402 g/mol. The quantitative estimate of drug-likeness (QED) is 0.662. The minimum Gasteiger partial charge on any atom is -0.363 e. The summed E-state index contributed by atoms with van der Waals surface area (Å²) in [4.78, 5) is 21.3. The summed E-state index contributed by atoms with van der Waals surface area (Å²) >= 11 is 0. The molecule has 0 bridgehead atoms. The molecule has 0 amide bonds. The van der Waals surface area contributed by atoms with Gasteiger partial charge in [0.1, 0.15) is 17.5 Å². The van der Waals surface area contributed by atoms with E-state index in [2.05, 4.69) is 15.3 Å². The molecule has 0 aliphatic heterocycles. The van der Waals surface area contributed by atoms with Crippen LogP contribution in [0.15, 0.2) is 35.3 Å². The summed E-state index contributed by atoms with van der Waals surface area (Å²) < 4.78 is 42.3. The molecule has 3 aromatic rings. The van der Waals surface area contributed by atoms with Crippen LogP contribution < -0.4 is 10.9 Å². The third-order valence-corrected chi connectivity index (χ3v) is 5.51. The van der Waals surface area contributed by atoms with Crippen molar-refractivity contribution in [1.29, 1.82) is 0 Å². The minimum absolute atomic E-state index is 0.120. The van der Waals surface area contributed by atoms with E-state index < -0.39 is 23.8 Å². The Morgan fingerprint density at radius 2 is 1.90 bits per heavy atom. The molecule has 1 aliphatic rings. The molecular weight excluding hydrogens is 381 g/mol. The van der Waals surface area contributed by atoms with Gasteiger partial charge in [0.2, 0.25) is 0 Å². The van der Waals surface area contributed by atoms with E-state index in [1.165, 1.54) is 18.2 Å². The number of aryl methyl sites for hydroxylation is 1. The SMILES string of the molecule is Cc1nc(NC(C)c2cccc(C(F)F)c2F)c2cn(C3(C)CC3)c(=O)cc2n1. The molecule has 1 unspecified atom stereocenters. The first-order valence-corrected chi connectivity index (χ1v) is 9.44. The number of alkyl halides is 2. The Kier molecular flexibility index (Phi) is 4.59. The molecule has 1 fully saturated rings. The zero-order chi connectivity index (χ0) is 20.9. The number of nitrogens with zero attached hydrogens (tertiary/aromatic N) is 3. The predicted molar refractivity (Wildman–Crippen MR) is 105 cm³/mol. The van der Waals surface area contributed by atoms with E-state index >= 15 is 0 Å². The molecular formula is C21H21F3N4O. The minimum atomic E-state index is -2.89. The van der Waals surface area contributed by atoms with Crippen LogP contribution in [0.2, 0.25) is 0 Å². The first-order chi connectivity index (χ1) is 13.7. The van der Waals surface area contributed by atoms with Crippen molar-refractivity contribution in [3.63, 3.8) is 0 Å². The molecule has 5 nitrogen and oxygen atoms in total. The van der Waals surface area contributed by atoms with Crippen LogP contribution in [0.25, 0.3) is 10.9 Å². The molecule has 0 spiro atoms. The number of hydrogen-bond acceptors (Lipinski definition) is 4. The Bertz CT molecular complexity index is 1150. The van der Waals surface area contributed by atoms with E-state index in [1.807, 2.05) is 6.92 Å². The van der Waals surface area contributed by atoms with Crippen LogP contribution in [-0.2, 0) is 5.54 Å². The van der Waals surface area contributed by atoms with Crippen molar-refractivity contribution in [2.24, 2.45) is 0 Å². The maximum absolute atomic E-state index is 14.6. The van der Waals surface area contributed by atoms with E-state index in [4.69, 9.17) is 0 Å². The first-order valence-electron chi connectivity index (χ1n) is 9.44. The lowest BCUT2D eigenvalue weighted by Gasteiger charge is -2.20. The molecule has 1 atom stereocenters. The molecule has 152 valence electrons. The van der Waals surface area contributed by atoms with Crippen LogP contribution in [0.4, 0.5) is 19.0 Å². The molecule has 2 aromatic heterocycles. The van der Waals surface area contributed by atoms with Crippen LogP contribution in [0.5, 0.6) is 0 Å². The van der Waals surface area contributed by atoms with E-state index in [0.29, 0.717) is 22.5 Å². The zero-order valence-electron chi connectivity index (χ0n) is 16.3. The Morgan fingerprint density at radius 1 is 1.21 bits per heavy atom. The summed E-state index contributed by atoms with van der Waals surface area (Å²) in [5, 5.41) is 3.74. The Labute approximate surface area is 165 Å². The summed E-state index contributed by atoms with van der Waals surface area (Å²) in [5.41, 5.74) is -0.369. The summed E-state index contributed by atoms with van der Waals surface area (Å²) in [5.74, 6) is -0.0522. The van der Waals surface area contributed by atoms with Gasteiger partial charge in [-0.05, 0) is 33.6 Å². The summed E-state index contributed by atoms with van der Waals surface area (Å²) in [7, 11) is 0. The van der Waals surface area contributed by atoms with Gasteiger partial charge >= 0.3 is 0 Å². The normalized spacial score (nSPS) is 16.2. The van der Waals surface area contributed by atoms with Crippen molar-refractivity contribution < 1.29 is 13.2 Å². The standard InChI is InChI=1S/C21H21F3N4O/c1-11(13-5-4-6-14(18(13)22)19(23)24)25-20-15-10-28(21(3)7-8-21)17(29)9-16(15)26-12(2)27-20/h4-6,9-11,19H,7-8H2,1-3H3,(H,25,26,27). The Balaban J connectivity index is 1.78. The van der Waals surface area contributed by atoms with Crippen molar-refractivity contribution in [2.45, 2.75) is 51.6 Å². The van der Waals surface area contributed by atoms with Gasteiger partial charge in [-0.3, -0.25) is 4.79 Å². The van der Waals surface area contributed by atoms with E-state index in [9.17, 15) is 18.0 Å². The number of pyridine rings is 1. The molecule has 2 heterocycles. The second kappa shape index (κ2) is 6.86. The number of fused-ring (bicyclic) bond motifs is 1. The fourth-order valence-electron chi connectivity index (χ4n) is 3.53. The highest BCUT2D eigenvalue weighted by molar-refractivity contribution is 5.88. The first kappa shape index (κ1) is 19.4. The van der Waals surface area contributed by atoms with Crippen LogP contribution in [0.1, 0.15) is 56.1 Å². The molecule has 0 saturated heterocycles. The molecule has 8 heteroatoms. The van der Waals surface area contributed by atoms with Crippen molar-refractivity contribution in [1.82, 2.24) is 14.5 Å². The van der Waals surface area contributed by atoms with Crippen LogP contribution in [0, 0.1) is 12.7 Å². The fourth-order valence-corrected chi connectivity index (χ4v) is 3.53. The van der Waals surface area contributed by atoms with Gasteiger partial charge in [-0.2, -0.15) is 0 Å². The maximum atomic E-state index is 14.6. The fraction of sp³-hybridized carbons (Fsp3) is 0.381. The Morgan fingerprint density at radius 3 is 2.55 bits per heavy atom. The monoisotopic (exact) mass is 402 g/mol. The second-order valence-corrected chi connectivity index (χ2v) is 7.81. The highest BCUT2D eigenvalue weighted by Gasteiger charge is 2.40. The second-order valence-electron chi connectivity index (χ2n) is 7.81. The Hall–Kier alpha value is -2.90. The van der Waals surface area contributed by atoms with Crippen molar-refractivity contribution in [2.75, 3.05) is 5.32 Å². The van der Waals surface area contributed by atoms with E-state index in [-0.39, 0.29) is 16.7 Å². The number of halogens is 3. The van der Waals surface area contributed by atoms with Gasteiger partial charge in [-0.25, -0.2) is 23.1 Å². The van der Waals surface area contributed by atoms with Gasteiger partial charge in [0.05, 0.1) is 22.5 Å². The van der Waals surface area contributed by atoms with Crippen LogP contribution in [0.3, 0.4) is 0 Å². The predicted octanol–water partition coefficient (Wildman–Crippen LogP) is 4.86. The summed E-state index contributed by atoms with van der Waals surface area (Å²) in [6, 6.07) is 4.81. The highest BCUT2D eigenvalue weighted by atomic mass is 19.3. The van der Waals surface area contributed by atoms with Gasteiger partial charge in [0.15, 0.2) is 0 Å². The largest absolute Gasteiger partial charge is 0.363 e. The highest BCUT2D eigenvalue weighted by Crippen LogP contribution is 2.42. The lowest BCUT2D eigenvalue weighted by Crippen LogP contribution is -2.27. The third-order valence-electron chi connectivity index (χ3n) is 5.51. The van der Waals surface area contributed by atoms with Crippen molar-refractivity contribution in [3.05, 3.63) is 63.6 Å². The molecule has 1 saturated carbocycles. The molecule has 1 N–H and O–H groups in total. The van der Waals surface area contributed by atoms with Crippen molar-refractivity contribution >= 4 is 16.7 Å². The number of aromatic nitrogens is 3. The van der Waals surface area contributed by atoms with Gasteiger partial charge < -0.3 is 9.88 Å². The summed E-state index contributed by atoms with van der Waals surface area (Å²) in [6.45, 7) is 5.38. The van der Waals surface area contributed by atoms with E-state index in [0.717, 1.165) is 18.9 Å².